The Morgan fingerprint density at radius 3 is 2.56 bits per heavy atom. The summed E-state index contributed by atoms with van der Waals surface area (Å²) in [6.45, 7) is 4.69. The molecule has 2 N–H and O–H groups in total. The minimum absolute atomic E-state index is 0.0137. The molecule has 1 amide bonds. The van der Waals surface area contributed by atoms with E-state index in [1.54, 1.807) is 6.07 Å². The van der Waals surface area contributed by atoms with Crippen LogP contribution in [0.15, 0.2) is 46.7 Å². The Hall–Kier alpha value is -3.30. The molecule has 1 aromatic heterocycles. The molecule has 0 saturated heterocycles. The van der Waals surface area contributed by atoms with Crippen molar-refractivity contribution >= 4 is 24.2 Å². The fourth-order valence-corrected chi connectivity index (χ4v) is 2.18. The van der Waals surface area contributed by atoms with Gasteiger partial charge in [0.05, 0.1) is 5.56 Å². The molecule has 6 nitrogen and oxygen atoms in total. The highest BCUT2D eigenvalue weighted by Gasteiger charge is 2.31. The standard InChI is InChI=1S/C17H15F4N5O/c1-10(16(22)27)25-26(23-2)15-8-11(3-4-24-15)5-12-6-13(17(19,20)21)9-14(18)7-12/h3-4,6-9H,2,5H2,1H3,(H2,22,27)/b25-10+. The number of hydrazone groups is 2. The molecule has 2 aromatic rings. The van der Waals surface area contributed by atoms with Crippen molar-refractivity contribution in [1.29, 1.82) is 0 Å². The Balaban J connectivity index is 2.33. The smallest absolute Gasteiger partial charge is 0.364 e. The van der Waals surface area contributed by atoms with Gasteiger partial charge in [0.15, 0.2) is 5.82 Å². The number of pyridine rings is 1. The molecule has 0 fully saturated rings. The first kappa shape index (κ1) is 20.0. The normalized spacial score (nSPS) is 12.0. The van der Waals surface area contributed by atoms with Crippen LogP contribution in [-0.2, 0) is 17.4 Å². The molecule has 2 rings (SSSR count). The van der Waals surface area contributed by atoms with E-state index in [2.05, 4.69) is 21.9 Å². The van der Waals surface area contributed by atoms with Gasteiger partial charge < -0.3 is 5.73 Å². The van der Waals surface area contributed by atoms with Crippen LogP contribution in [0.1, 0.15) is 23.6 Å². The molecule has 0 saturated carbocycles. The summed E-state index contributed by atoms with van der Waals surface area (Å²) in [5.41, 5.74) is 4.65. The van der Waals surface area contributed by atoms with Crippen LogP contribution >= 0.6 is 0 Å². The van der Waals surface area contributed by atoms with Gasteiger partial charge >= 0.3 is 6.18 Å². The Morgan fingerprint density at radius 2 is 1.96 bits per heavy atom. The predicted octanol–water partition coefficient (Wildman–Crippen LogP) is 3.11. The number of carbonyl (C=O) groups excluding carboxylic acids is 1. The topological polar surface area (TPSA) is 83.9 Å². The first-order chi connectivity index (χ1) is 12.6. The summed E-state index contributed by atoms with van der Waals surface area (Å²) in [4.78, 5) is 15.1. The van der Waals surface area contributed by atoms with Crippen LogP contribution in [0.4, 0.5) is 23.4 Å². The van der Waals surface area contributed by atoms with E-state index < -0.39 is 23.5 Å². The summed E-state index contributed by atoms with van der Waals surface area (Å²) in [6, 6.07) is 5.36. The Bertz CT molecular complexity index is 895. The van der Waals surface area contributed by atoms with Crippen LogP contribution in [0.2, 0.25) is 0 Å². The average Bonchev–Trinajstić information content (AvgIpc) is 2.58. The molecule has 0 spiro atoms. The average molecular weight is 381 g/mol. The maximum atomic E-state index is 13.5. The molecule has 1 aromatic carbocycles. The van der Waals surface area contributed by atoms with Crippen molar-refractivity contribution < 1.29 is 22.4 Å². The van der Waals surface area contributed by atoms with Crippen LogP contribution in [0.3, 0.4) is 0 Å². The maximum Gasteiger partial charge on any atom is 0.416 e. The SMILES string of the molecule is C=NN(/N=C(\C)C(N)=O)c1cc(Cc2cc(F)cc(C(F)(F)F)c2)ccn1. The summed E-state index contributed by atoms with van der Waals surface area (Å²) in [5, 5.41) is 8.41. The number of benzene rings is 1. The number of anilines is 1. The molecule has 0 unspecified atom stereocenters. The number of hydrogen-bond donors (Lipinski definition) is 1. The van der Waals surface area contributed by atoms with E-state index in [-0.39, 0.29) is 23.5 Å². The van der Waals surface area contributed by atoms with Gasteiger partial charge in [-0.1, -0.05) is 0 Å². The molecule has 1 heterocycles. The molecule has 0 atom stereocenters. The minimum Gasteiger partial charge on any atom is -0.364 e. The molecule has 0 aliphatic heterocycles. The highest BCUT2D eigenvalue weighted by atomic mass is 19.4. The first-order valence-electron chi connectivity index (χ1n) is 7.53. The van der Waals surface area contributed by atoms with Gasteiger partial charge in [-0.3, -0.25) is 4.79 Å². The third-order valence-electron chi connectivity index (χ3n) is 3.44. The van der Waals surface area contributed by atoms with E-state index in [1.807, 2.05) is 0 Å². The number of amides is 1. The van der Waals surface area contributed by atoms with Crippen molar-refractivity contribution in [2.45, 2.75) is 19.5 Å². The molecule has 142 valence electrons. The maximum absolute atomic E-state index is 13.5. The molecular formula is C17H15F4N5O. The molecule has 0 radical (unpaired) electrons. The molecule has 0 bridgehead atoms. The van der Waals surface area contributed by atoms with Crippen molar-refractivity contribution in [3.63, 3.8) is 0 Å². The largest absolute Gasteiger partial charge is 0.416 e. The van der Waals surface area contributed by atoms with Crippen LogP contribution in [0.5, 0.6) is 0 Å². The minimum atomic E-state index is -4.65. The number of rotatable bonds is 6. The quantitative estimate of drug-likeness (QED) is 0.474. The molecule has 10 heteroatoms. The summed E-state index contributed by atoms with van der Waals surface area (Å²) >= 11 is 0. The number of halogens is 4. The third-order valence-corrected chi connectivity index (χ3v) is 3.44. The van der Waals surface area contributed by atoms with E-state index in [4.69, 9.17) is 5.73 Å². The van der Waals surface area contributed by atoms with Gasteiger partial charge in [0.2, 0.25) is 0 Å². The highest BCUT2D eigenvalue weighted by Crippen LogP contribution is 2.31. The lowest BCUT2D eigenvalue weighted by molar-refractivity contribution is -0.137. The zero-order valence-corrected chi connectivity index (χ0v) is 14.2. The Kier molecular flexibility index (Phi) is 5.88. The number of nitrogens with zero attached hydrogens (tertiary/aromatic N) is 4. The zero-order valence-electron chi connectivity index (χ0n) is 14.2. The van der Waals surface area contributed by atoms with Gasteiger partial charge in [0.25, 0.3) is 5.91 Å². The summed E-state index contributed by atoms with van der Waals surface area (Å²) in [7, 11) is 0. The number of nitrogens with two attached hydrogens (primary N) is 1. The summed E-state index contributed by atoms with van der Waals surface area (Å²) in [6.07, 6.45) is -3.26. The van der Waals surface area contributed by atoms with Crippen LogP contribution in [-0.4, -0.2) is 23.3 Å². The zero-order chi connectivity index (χ0) is 20.2. The number of hydrogen-bond acceptors (Lipinski definition) is 5. The van der Waals surface area contributed by atoms with Gasteiger partial charge in [-0.2, -0.15) is 18.3 Å². The van der Waals surface area contributed by atoms with E-state index in [9.17, 15) is 22.4 Å². The fraction of sp³-hybridized carbons (Fsp3) is 0.176. The van der Waals surface area contributed by atoms with Crippen molar-refractivity contribution in [3.8, 4) is 0 Å². The van der Waals surface area contributed by atoms with Crippen molar-refractivity contribution in [2.24, 2.45) is 15.9 Å². The van der Waals surface area contributed by atoms with Crippen LogP contribution < -0.4 is 10.9 Å². The van der Waals surface area contributed by atoms with Crippen molar-refractivity contribution in [2.75, 3.05) is 5.12 Å². The van der Waals surface area contributed by atoms with Crippen LogP contribution in [0.25, 0.3) is 0 Å². The number of alkyl halides is 3. The van der Waals surface area contributed by atoms with Gasteiger partial charge in [0, 0.05) is 12.9 Å². The summed E-state index contributed by atoms with van der Waals surface area (Å²) in [5.74, 6) is -1.58. The predicted molar refractivity (Wildman–Crippen MR) is 92.8 cm³/mol. The number of primary amides is 1. The lowest BCUT2D eigenvalue weighted by Gasteiger charge is -2.13. The number of aromatic nitrogens is 1. The number of carbonyl (C=O) groups is 1. The van der Waals surface area contributed by atoms with Gasteiger partial charge in [-0.15, -0.1) is 10.2 Å². The summed E-state index contributed by atoms with van der Waals surface area (Å²) < 4.78 is 52.0. The molecular weight excluding hydrogens is 366 g/mol. The second kappa shape index (κ2) is 7.94. The van der Waals surface area contributed by atoms with Gasteiger partial charge in [-0.05, 0) is 54.8 Å². The van der Waals surface area contributed by atoms with E-state index >= 15 is 0 Å². The van der Waals surface area contributed by atoms with Gasteiger partial charge in [0.1, 0.15) is 11.5 Å². The first-order valence-corrected chi connectivity index (χ1v) is 7.53. The van der Waals surface area contributed by atoms with E-state index in [0.717, 1.165) is 17.3 Å². The van der Waals surface area contributed by atoms with Crippen molar-refractivity contribution in [3.05, 3.63) is 59.0 Å². The fourth-order valence-electron chi connectivity index (χ4n) is 2.18. The molecule has 0 aliphatic carbocycles. The van der Waals surface area contributed by atoms with Crippen molar-refractivity contribution in [1.82, 2.24) is 4.98 Å². The third kappa shape index (κ3) is 5.33. The monoisotopic (exact) mass is 381 g/mol. The van der Waals surface area contributed by atoms with E-state index in [0.29, 0.717) is 11.6 Å². The van der Waals surface area contributed by atoms with E-state index in [1.165, 1.54) is 19.2 Å². The lowest BCUT2D eigenvalue weighted by Crippen LogP contribution is -2.24. The van der Waals surface area contributed by atoms with Gasteiger partial charge in [-0.25, -0.2) is 9.37 Å². The Labute approximate surface area is 152 Å². The second-order valence-corrected chi connectivity index (χ2v) is 5.53. The second-order valence-electron chi connectivity index (χ2n) is 5.53. The van der Waals surface area contributed by atoms with Crippen LogP contribution in [0, 0.1) is 5.82 Å². The molecule has 27 heavy (non-hydrogen) atoms. The lowest BCUT2D eigenvalue weighted by atomic mass is 10.0. The molecule has 0 aliphatic rings. The highest BCUT2D eigenvalue weighted by molar-refractivity contribution is 6.37. The Morgan fingerprint density at radius 1 is 1.26 bits per heavy atom.